The van der Waals surface area contributed by atoms with Gasteiger partial charge in [0.15, 0.2) is 0 Å². The first-order valence-corrected chi connectivity index (χ1v) is 8.62. The number of amides is 2. The number of anilines is 1. The summed E-state index contributed by atoms with van der Waals surface area (Å²) in [6.45, 7) is 0.245. The Hall–Kier alpha value is -3.02. The highest BCUT2D eigenvalue weighted by atomic mass is 16.5. The first kappa shape index (κ1) is 17.8. The zero-order valence-electron chi connectivity index (χ0n) is 14.7. The summed E-state index contributed by atoms with van der Waals surface area (Å²) in [5.74, 6) is 1.06. The largest absolute Gasteiger partial charge is 0.497 e. The van der Waals surface area contributed by atoms with Crippen LogP contribution in [0.25, 0.3) is 0 Å². The van der Waals surface area contributed by atoms with Crippen LogP contribution < -0.4 is 20.1 Å². The number of carbonyl (C=O) groups excluding carboxylic acids is 2. The van der Waals surface area contributed by atoms with Gasteiger partial charge in [-0.1, -0.05) is 12.1 Å². The molecule has 1 aliphatic rings. The van der Waals surface area contributed by atoms with E-state index in [1.54, 1.807) is 55.6 Å². The molecule has 1 saturated carbocycles. The molecule has 26 heavy (non-hydrogen) atoms. The molecular weight excluding hydrogens is 332 g/mol. The van der Waals surface area contributed by atoms with Crippen LogP contribution >= 0.6 is 0 Å². The van der Waals surface area contributed by atoms with Crippen molar-refractivity contribution in [2.24, 2.45) is 0 Å². The van der Waals surface area contributed by atoms with Gasteiger partial charge in [0.05, 0.1) is 31.4 Å². The highest BCUT2D eigenvalue weighted by Crippen LogP contribution is 2.22. The van der Waals surface area contributed by atoms with Gasteiger partial charge in [-0.3, -0.25) is 9.59 Å². The number of para-hydroxylation sites is 1. The van der Waals surface area contributed by atoms with Gasteiger partial charge in [-0.25, -0.2) is 0 Å². The average molecular weight is 354 g/mol. The van der Waals surface area contributed by atoms with Gasteiger partial charge in [-0.2, -0.15) is 0 Å². The van der Waals surface area contributed by atoms with Crippen molar-refractivity contribution in [2.75, 3.05) is 19.0 Å². The molecule has 0 saturated heterocycles. The quantitative estimate of drug-likeness (QED) is 0.764. The maximum Gasteiger partial charge on any atom is 0.253 e. The maximum absolute atomic E-state index is 12.3. The lowest BCUT2D eigenvalue weighted by Crippen LogP contribution is -2.27. The fraction of sp³-hybridized carbons (Fsp3) is 0.300. The Morgan fingerprint density at radius 1 is 1.04 bits per heavy atom. The zero-order valence-corrected chi connectivity index (χ0v) is 14.7. The second kappa shape index (κ2) is 8.38. The van der Waals surface area contributed by atoms with E-state index in [9.17, 15) is 9.59 Å². The SMILES string of the molecule is COc1ccc(OCCC(=O)Nc2ccccc2C(=O)NC2CC2)cc1. The summed E-state index contributed by atoms with van der Waals surface area (Å²) in [4.78, 5) is 24.4. The fourth-order valence-electron chi connectivity index (χ4n) is 2.43. The van der Waals surface area contributed by atoms with Crippen LogP contribution in [0, 0.1) is 0 Å². The van der Waals surface area contributed by atoms with Crippen molar-refractivity contribution in [3.63, 3.8) is 0 Å². The van der Waals surface area contributed by atoms with Crippen molar-refractivity contribution in [1.29, 1.82) is 0 Å². The fourth-order valence-corrected chi connectivity index (χ4v) is 2.43. The molecule has 136 valence electrons. The normalized spacial score (nSPS) is 13.0. The third kappa shape index (κ3) is 4.99. The predicted octanol–water partition coefficient (Wildman–Crippen LogP) is 3.00. The zero-order chi connectivity index (χ0) is 18.4. The number of rotatable bonds is 8. The molecule has 2 N–H and O–H groups in total. The minimum absolute atomic E-state index is 0.155. The average Bonchev–Trinajstić information content (AvgIpc) is 3.46. The molecule has 6 nitrogen and oxygen atoms in total. The van der Waals surface area contributed by atoms with Gasteiger partial charge in [0.25, 0.3) is 5.91 Å². The van der Waals surface area contributed by atoms with E-state index in [-0.39, 0.29) is 30.9 Å². The van der Waals surface area contributed by atoms with Gasteiger partial charge < -0.3 is 20.1 Å². The lowest BCUT2D eigenvalue weighted by atomic mass is 10.1. The van der Waals surface area contributed by atoms with Crippen LogP contribution in [0.1, 0.15) is 29.6 Å². The molecule has 2 amide bonds. The number of benzene rings is 2. The van der Waals surface area contributed by atoms with Crippen molar-refractivity contribution >= 4 is 17.5 Å². The summed E-state index contributed by atoms with van der Waals surface area (Å²) >= 11 is 0. The van der Waals surface area contributed by atoms with E-state index < -0.39 is 0 Å². The minimum Gasteiger partial charge on any atom is -0.497 e. The Morgan fingerprint density at radius 3 is 2.42 bits per heavy atom. The van der Waals surface area contributed by atoms with Crippen molar-refractivity contribution in [3.8, 4) is 11.5 Å². The van der Waals surface area contributed by atoms with Crippen LogP contribution in [0.5, 0.6) is 11.5 Å². The van der Waals surface area contributed by atoms with Crippen molar-refractivity contribution in [1.82, 2.24) is 5.32 Å². The molecule has 0 aliphatic heterocycles. The first-order valence-electron chi connectivity index (χ1n) is 8.62. The number of methoxy groups -OCH3 is 1. The summed E-state index contributed by atoms with van der Waals surface area (Å²) in [5, 5.41) is 5.72. The first-order chi connectivity index (χ1) is 12.7. The van der Waals surface area contributed by atoms with Crippen molar-refractivity contribution in [2.45, 2.75) is 25.3 Å². The molecule has 2 aromatic rings. The Balaban J connectivity index is 1.50. The van der Waals surface area contributed by atoms with Crippen LogP contribution in [0.4, 0.5) is 5.69 Å². The van der Waals surface area contributed by atoms with E-state index in [0.717, 1.165) is 18.6 Å². The Morgan fingerprint density at radius 2 is 1.73 bits per heavy atom. The van der Waals surface area contributed by atoms with Crippen LogP contribution in [-0.2, 0) is 4.79 Å². The van der Waals surface area contributed by atoms with E-state index in [2.05, 4.69) is 10.6 Å². The predicted molar refractivity (Wildman–Crippen MR) is 98.7 cm³/mol. The number of hydrogen-bond donors (Lipinski definition) is 2. The molecule has 6 heteroatoms. The lowest BCUT2D eigenvalue weighted by Gasteiger charge is -2.11. The standard InChI is InChI=1S/C20H22N2O4/c1-25-15-8-10-16(11-9-15)26-13-12-19(23)22-18-5-3-2-4-17(18)20(24)21-14-6-7-14/h2-5,8-11,14H,6-7,12-13H2,1H3,(H,21,24)(H,22,23). The van der Waals surface area contributed by atoms with Gasteiger partial charge in [0.1, 0.15) is 11.5 Å². The van der Waals surface area contributed by atoms with Crippen LogP contribution in [0.15, 0.2) is 48.5 Å². The van der Waals surface area contributed by atoms with Gasteiger partial charge in [0, 0.05) is 6.04 Å². The summed E-state index contributed by atoms with van der Waals surface area (Å²) in [6, 6.07) is 14.4. The van der Waals surface area contributed by atoms with Crippen LogP contribution in [0.2, 0.25) is 0 Å². The van der Waals surface area contributed by atoms with E-state index in [4.69, 9.17) is 9.47 Å². The topological polar surface area (TPSA) is 76.7 Å². The van der Waals surface area contributed by atoms with E-state index in [1.807, 2.05) is 0 Å². The molecule has 0 heterocycles. The molecule has 0 bridgehead atoms. The molecule has 1 fully saturated rings. The van der Waals surface area contributed by atoms with Gasteiger partial charge in [-0.15, -0.1) is 0 Å². The molecular formula is C20H22N2O4. The highest BCUT2D eigenvalue weighted by Gasteiger charge is 2.24. The molecule has 0 aromatic heterocycles. The summed E-state index contributed by atoms with van der Waals surface area (Å²) in [7, 11) is 1.60. The number of hydrogen-bond acceptors (Lipinski definition) is 4. The molecule has 0 radical (unpaired) electrons. The van der Waals surface area contributed by atoms with E-state index in [0.29, 0.717) is 17.0 Å². The number of carbonyl (C=O) groups is 2. The second-order valence-electron chi connectivity index (χ2n) is 6.12. The minimum atomic E-state index is -0.204. The summed E-state index contributed by atoms with van der Waals surface area (Å²) in [5.41, 5.74) is 0.990. The van der Waals surface area contributed by atoms with Gasteiger partial charge >= 0.3 is 0 Å². The van der Waals surface area contributed by atoms with Crippen LogP contribution in [-0.4, -0.2) is 31.6 Å². The third-order valence-corrected chi connectivity index (χ3v) is 4.02. The van der Waals surface area contributed by atoms with Gasteiger partial charge in [0.2, 0.25) is 5.91 Å². The van der Waals surface area contributed by atoms with Crippen LogP contribution in [0.3, 0.4) is 0 Å². The number of ether oxygens (including phenoxy) is 2. The third-order valence-electron chi connectivity index (χ3n) is 4.02. The van der Waals surface area contributed by atoms with Crippen molar-refractivity contribution < 1.29 is 19.1 Å². The monoisotopic (exact) mass is 354 g/mol. The molecule has 3 rings (SSSR count). The van der Waals surface area contributed by atoms with Gasteiger partial charge in [-0.05, 0) is 49.2 Å². The molecule has 0 atom stereocenters. The number of nitrogens with one attached hydrogen (secondary N) is 2. The Bertz CT molecular complexity index is 770. The maximum atomic E-state index is 12.3. The molecule has 0 spiro atoms. The Kier molecular flexibility index (Phi) is 5.73. The van der Waals surface area contributed by atoms with Crippen molar-refractivity contribution in [3.05, 3.63) is 54.1 Å². The van der Waals surface area contributed by atoms with E-state index in [1.165, 1.54) is 0 Å². The second-order valence-corrected chi connectivity index (χ2v) is 6.12. The summed E-state index contributed by atoms with van der Waals surface area (Å²) in [6.07, 6.45) is 2.22. The smallest absolute Gasteiger partial charge is 0.253 e. The molecule has 2 aromatic carbocycles. The lowest BCUT2D eigenvalue weighted by molar-refractivity contribution is -0.116. The highest BCUT2D eigenvalue weighted by molar-refractivity contribution is 6.03. The molecule has 0 unspecified atom stereocenters. The molecule has 1 aliphatic carbocycles. The van der Waals surface area contributed by atoms with E-state index >= 15 is 0 Å². The Labute approximate surface area is 152 Å². The summed E-state index contributed by atoms with van der Waals surface area (Å²) < 4.78 is 10.6.